The van der Waals surface area contributed by atoms with Gasteiger partial charge in [0.1, 0.15) is 5.82 Å². The van der Waals surface area contributed by atoms with Crippen LogP contribution >= 0.6 is 0 Å². The van der Waals surface area contributed by atoms with Crippen molar-refractivity contribution in [3.63, 3.8) is 0 Å². The Kier molecular flexibility index (Phi) is 9.92. The second-order valence-corrected chi connectivity index (χ2v) is 17.5. The first-order chi connectivity index (χ1) is 26.1. The van der Waals surface area contributed by atoms with Crippen LogP contribution in [0.5, 0.6) is 11.5 Å². The first kappa shape index (κ1) is 38.9. The molecule has 0 fully saturated rings. The van der Waals surface area contributed by atoms with Gasteiger partial charge in [-0.25, -0.2) is 4.98 Å². The molecule has 1 aliphatic rings. The van der Waals surface area contributed by atoms with Gasteiger partial charge in [-0.15, -0.1) is 48.1 Å². The van der Waals surface area contributed by atoms with Crippen LogP contribution in [0.1, 0.15) is 84.6 Å². The third kappa shape index (κ3) is 7.22. The number of pyridine rings is 1. The van der Waals surface area contributed by atoms with E-state index in [-0.39, 0.29) is 37.3 Å². The molecule has 1 aliphatic heterocycles. The van der Waals surface area contributed by atoms with E-state index in [1.807, 2.05) is 42.6 Å². The van der Waals surface area contributed by atoms with Gasteiger partial charge in [0.15, 0.2) is 0 Å². The molecular weight excluding hydrogens is 870 g/mol. The van der Waals surface area contributed by atoms with Crippen LogP contribution in [0.15, 0.2) is 109 Å². The van der Waals surface area contributed by atoms with Gasteiger partial charge in [-0.3, -0.25) is 0 Å². The monoisotopic (exact) mass is 915 g/mol. The Morgan fingerprint density at radius 3 is 1.95 bits per heavy atom. The topological polar surface area (TPSA) is 57.3 Å². The normalized spacial score (nSPS) is 13.1. The quantitative estimate of drug-likeness (QED) is 0.161. The largest absolute Gasteiger partial charge is 0.509 e. The maximum absolute atomic E-state index is 9.79. The van der Waals surface area contributed by atoms with Crippen molar-refractivity contribution in [3.05, 3.63) is 150 Å². The molecule has 56 heavy (non-hydrogen) atoms. The number of hydrogen-bond donors (Lipinski definition) is 0. The Morgan fingerprint density at radius 2 is 1.29 bits per heavy atom. The van der Waals surface area contributed by atoms with E-state index in [2.05, 4.69) is 168 Å². The maximum atomic E-state index is 9.79. The molecular formula is C49H46N5OPt-3. The number of para-hydroxylation sites is 2. The number of ether oxygens (including phenoxy) is 1. The third-order valence-corrected chi connectivity index (χ3v) is 10.4. The molecule has 2 aromatic heterocycles. The molecule has 7 aromatic rings. The number of fused-ring (bicyclic) bond motifs is 4. The molecule has 0 amide bonds. The van der Waals surface area contributed by atoms with Crippen LogP contribution in [0.4, 0.5) is 22.7 Å². The summed E-state index contributed by atoms with van der Waals surface area (Å²) in [7, 11) is 0. The van der Waals surface area contributed by atoms with Gasteiger partial charge in [0.05, 0.1) is 11.6 Å². The number of nitrogens with zero attached hydrogens (tertiary/aromatic N) is 5. The summed E-state index contributed by atoms with van der Waals surface area (Å²) in [5.74, 6) is 1.89. The molecule has 6 nitrogen and oxygen atoms in total. The molecule has 0 spiro atoms. The average molecular weight is 916 g/mol. The van der Waals surface area contributed by atoms with Crippen LogP contribution in [0.25, 0.3) is 27.6 Å². The summed E-state index contributed by atoms with van der Waals surface area (Å²) < 4.78 is 8.63. The minimum absolute atomic E-state index is 0. The first-order valence-electron chi connectivity index (χ1n) is 18.8. The van der Waals surface area contributed by atoms with E-state index in [0.717, 1.165) is 55.9 Å². The smallest absolute Gasteiger partial charge is 0.135 e. The predicted octanol–water partition coefficient (Wildman–Crippen LogP) is 12.7. The number of aromatic nitrogens is 2. The minimum atomic E-state index is -0.0662. The summed E-state index contributed by atoms with van der Waals surface area (Å²) in [4.78, 5) is 9.25. The number of benzene rings is 5. The Hall–Kier alpha value is -5.37. The zero-order valence-electron chi connectivity index (χ0n) is 33.4. The second-order valence-electron chi connectivity index (χ2n) is 17.5. The van der Waals surface area contributed by atoms with Gasteiger partial charge in [-0.1, -0.05) is 92.1 Å². The van der Waals surface area contributed by atoms with Crippen LogP contribution in [-0.4, -0.2) is 9.55 Å². The van der Waals surface area contributed by atoms with Gasteiger partial charge < -0.3 is 19.1 Å². The number of hydrogen-bond acceptors (Lipinski definition) is 5. The Morgan fingerprint density at radius 1 is 0.643 bits per heavy atom. The molecule has 0 saturated heterocycles. The van der Waals surface area contributed by atoms with E-state index in [1.165, 1.54) is 11.1 Å². The number of rotatable bonds is 5. The van der Waals surface area contributed by atoms with Crippen LogP contribution in [0.3, 0.4) is 0 Å². The SMILES string of the molecule is CC(C)(C)c1cc(N2[CH-]N(c3[c-]c(Oc4[c-]c5c(cc4)c4ccc(C#N)cc4n5-c4cc(C(C)(C)C)ccn4)ccc3)c3ccccc32)cc(C(C)(C)C)c1.[Pt]. The zero-order valence-corrected chi connectivity index (χ0v) is 35.7. The molecule has 0 N–H and O–H groups in total. The summed E-state index contributed by atoms with van der Waals surface area (Å²) in [5.41, 5.74) is 10.1. The van der Waals surface area contributed by atoms with E-state index in [0.29, 0.717) is 17.1 Å². The Bertz CT molecular complexity index is 2620. The van der Waals surface area contributed by atoms with E-state index < -0.39 is 0 Å². The van der Waals surface area contributed by atoms with Crippen molar-refractivity contribution in [1.82, 2.24) is 9.55 Å². The molecule has 0 unspecified atom stereocenters. The minimum Gasteiger partial charge on any atom is -0.509 e. The molecule has 0 bridgehead atoms. The van der Waals surface area contributed by atoms with Crippen molar-refractivity contribution in [3.8, 4) is 23.4 Å². The number of nitriles is 1. The molecule has 3 heterocycles. The van der Waals surface area contributed by atoms with E-state index in [9.17, 15) is 5.26 Å². The van der Waals surface area contributed by atoms with Crippen LogP contribution < -0.4 is 14.5 Å². The summed E-state index contributed by atoms with van der Waals surface area (Å²) in [6, 6.07) is 44.8. The van der Waals surface area contributed by atoms with Crippen molar-refractivity contribution >= 4 is 44.6 Å². The first-order valence-corrected chi connectivity index (χ1v) is 18.8. The van der Waals surface area contributed by atoms with Crippen molar-refractivity contribution < 1.29 is 25.8 Å². The molecule has 8 rings (SSSR count). The zero-order chi connectivity index (χ0) is 38.9. The second kappa shape index (κ2) is 14.3. The van der Waals surface area contributed by atoms with Gasteiger partial charge in [0, 0.05) is 61.3 Å². The van der Waals surface area contributed by atoms with Gasteiger partial charge in [-0.05, 0) is 86.9 Å². The van der Waals surface area contributed by atoms with Gasteiger partial charge in [-0.2, -0.15) is 17.4 Å². The van der Waals surface area contributed by atoms with Gasteiger partial charge >= 0.3 is 0 Å². The third-order valence-electron chi connectivity index (χ3n) is 10.4. The van der Waals surface area contributed by atoms with Crippen molar-refractivity contribution in [2.45, 2.75) is 78.6 Å². The van der Waals surface area contributed by atoms with Crippen molar-refractivity contribution in [2.75, 3.05) is 9.80 Å². The fourth-order valence-corrected chi connectivity index (χ4v) is 7.18. The molecule has 7 heteroatoms. The Labute approximate surface area is 345 Å². The van der Waals surface area contributed by atoms with Crippen molar-refractivity contribution in [1.29, 1.82) is 5.26 Å². The molecule has 286 valence electrons. The maximum Gasteiger partial charge on any atom is 0.135 e. The summed E-state index contributed by atoms with van der Waals surface area (Å²) in [6.45, 7) is 22.4. The van der Waals surface area contributed by atoms with E-state index in [4.69, 9.17) is 9.72 Å². The van der Waals surface area contributed by atoms with Gasteiger partial charge in [0.2, 0.25) is 0 Å². The van der Waals surface area contributed by atoms with Crippen LogP contribution in [-0.2, 0) is 37.3 Å². The summed E-state index contributed by atoms with van der Waals surface area (Å²) in [6.07, 6.45) is 1.85. The number of anilines is 4. The fourth-order valence-electron chi connectivity index (χ4n) is 7.18. The predicted molar refractivity (Wildman–Crippen MR) is 225 cm³/mol. The molecule has 0 atom stereocenters. The summed E-state index contributed by atoms with van der Waals surface area (Å²) in [5, 5.41) is 11.8. The Balaban J connectivity index is 0.00000480. The van der Waals surface area contributed by atoms with Crippen molar-refractivity contribution in [2.24, 2.45) is 0 Å². The van der Waals surface area contributed by atoms with Crippen LogP contribution in [0.2, 0.25) is 0 Å². The van der Waals surface area contributed by atoms with E-state index >= 15 is 0 Å². The fraction of sp³-hybridized carbons (Fsp3) is 0.245. The molecule has 5 aromatic carbocycles. The standard InChI is InChI=1S/C49H46N5O.Pt/c1-47(2,3)33-21-22-51-46(27-33)54-44-23-32(30-50)17-19-40(44)41-20-18-39(29-45(41)54)55-38-14-12-13-36(28-38)52-31-53(43-16-11-10-15-42(43)52)37-25-34(48(4,5)6)24-35(26-37)49(7,8)9;/h10-27,31H,1-9H3;/q-3;. The van der Waals surface area contributed by atoms with Gasteiger partial charge in [0.25, 0.3) is 0 Å². The van der Waals surface area contributed by atoms with Crippen LogP contribution in [0, 0.1) is 30.1 Å². The van der Waals surface area contributed by atoms with E-state index in [1.54, 1.807) is 0 Å². The molecule has 0 aliphatic carbocycles. The molecule has 0 radical (unpaired) electrons. The summed E-state index contributed by atoms with van der Waals surface area (Å²) >= 11 is 0. The molecule has 0 saturated carbocycles. The average Bonchev–Trinajstić information content (AvgIpc) is 3.69.